The van der Waals surface area contributed by atoms with Crippen LogP contribution in [0.3, 0.4) is 0 Å². The van der Waals surface area contributed by atoms with Crippen molar-refractivity contribution in [3.05, 3.63) is 35.9 Å². The maximum absolute atomic E-state index is 12.7. The van der Waals surface area contributed by atoms with Gasteiger partial charge in [-0.05, 0) is 25.3 Å². The lowest BCUT2D eigenvalue weighted by atomic mass is 10.1. The number of amides is 2. The van der Waals surface area contributed by atoms with Crippen molar-refractivity contribution >= 4 is 11.8 Å². The van der Waals surface area contributed by atoms with Gasteiger partial charge in [-0.3, -0.25) is 9.59 Å². The van der Waals surface area contributed by atoms with E-state index >= 15 is 0 Å². The third kappa shape index (κ3) is 4.15. The normalized spacial score (nSPS) is 25.5. The van der Waals surface area contributed by atoms with Crippen molar-refractivity contribution in [3.63, 3.8) is 0 Å². The zero-order valence-electron chi connectivity index (χ0n) is 14.3. The van der Waals surface area contributed by atoms with Gasteiger partial charge in [0.2, 0.25) is 11.8 Å². The molecule has 2 fully saturated rings. The molecule has 2 aliphatic heterocycles. The summed E-state index contributed by atoms with van der Waals surface area (Å²) in [6.45, 7) is 4.03. The average molecular weight is 330 g/mol. The van der Waals surface area contributed by atoms with E-state index in [1.165, 1.54) is 0 Å². The van der Waals surface area contributed by atoms with Gasteiger partial charge in [0.25, 0.3) is 0 Å². The molecule has 0 N–H and O–H groups in total. The van der Waals surface area contributed by atoms with Crippen molar-refractivity contribution in [1.29, 1.82) is 0 Å². The molecule has 0 radical (unpaired) electrons. The fourth-order valence-corrected chi connectivity index (χ4v) is 3.48. The SMILES string of the molecule is C[C@@H]1CN(C(=O)CN2CCCCCC2=O)C[C@H](c2ccccc2)O1. The van der Waals surface area contributed by atoms with E-state index in [4.69, 9.17) is 4.74 Å². The molecule has 1 aromatic carbocycles. The topological polar surface area (TPSA) is 49.9 Å². The average Bonchev–Trinajstić information content (AvgIpc) is 2.80. The molecule has 0 spiro atoms. The molecule has 3 rings (SSSR count). The number of ether oxygens (including phenoxy) is 1. The number of rotatable bonds is 3. The summed E-state index contributed by atoms with van der Waals surface area (Å²) in [5.41, 5.74) is 1.09. The van der Waals surface area contributed by atoms with E-state index in [0.29, 0.717) is 26.1 Å². The minimum Gasteiger partial charge on any atom is -0.367 e. The summed E-state index contributed by atoms with van der Waals surface area (Å²) < 4.78 is 6.01. The second-order valence-corrected chi connectivity index (χ2v) is 6.77. The first-order valence-corrected chi connectivity index (χ1v) is 8.89. The first kappa shape index (κ1) is 17.0. The number of carbonyl (C=O) groups excluding carboxylic acids is 2. The maximum Gasteiger partial charge on any atom is 0.242 e. The Morgan fingerprint density at radius 3 is 2.75 bits per heavy atom. The third-order valence-electron chi connectivity index (χ3n) is 4.78. The predicted molar refractivity (Wildman–Crippen MR) is 91.4 cm³/mol. The van der Waals surface area contributed by atoms with Crippen molar-refractivity contribution < 1.29 is 14.3 Å². The molecule has 24 heavy (non-hydrogen) atoms. The smallest absolute Gasteiger partial charge is 0.242 e. The fourth-order valence-electron chi connectivity index (χ4n) is 3.48. The number of benzene rings is 1. The number of hydrogen-bond donors (Lipinski definition) is 0. The van der Waals surface area contributed by atoms with Gasteiger partial charge < -0.3 is 14.5 Å². The van der Waals surface area contributed by atoms with E-state index in [1.54, 1.807) is 4.90 Å². The minimum atomic E-state index is -0.0984. The molecule has 2 atom stereocenters. The summed E-state index contributed by atoms with van der Waals surface area (Å²) in [4.78, 5) is 28.4. The van der Waals surface area contributed by atoms with Crippen molar-refractivity contribution in [2.75, 3.05) is 26.2 Å². The van der Waals surface area contributed by atoms with Gasteiger partial charge in [0, 0.05) is 19.5 Å². The number of likely N-dealkylation sites (tertiary alicyclic amines) is 1. The van der Waals surface area contributed by atoms with Gasteiger partial charge in [-0.2, -0.15) is 0 Å². The van der Waals surface area contributed by atoms with E-state index < -0.39 is 0 Å². The first-order valence-electron chi connectivity index (χ1n) is 8.89. The van der Waals surface area contributed by atoms with Gasteiger partial charge in [-0.15, -0.1) is 0 Å². The second-order valence-electron chi connectivity index (χ2n) is 6.77. The highest BCUT2D eigenvalue weighted by Gasteiger charge is 2.30. The summed E-state index contributed by atoms with van der Waals surface area (Å²) in [5, 5.41) is 0. The number of hydrogen-bond acceptors (Lipinski definition) is 3. The van der Waals surface area contributed by atoms with Gasteiger partial charge >= 0.3 is 0 Å². The van der Waals surface area contributed by atoms with Crippen LogP contribution in [-0.2, 0) is 14.3 Å². The molecule has 1 aromatic rings. The van der Waals surface area contributed by atoms with Gasteiger partial charge in [-0.25, -0.2) is 0 Å². The highest BCUT2D eigenvalue weighted by Crippen LogP contribution is 2.25. The number of morpholine rings is 1. The molecular weight excluding hydrogens is 304 g/mol. The Balaban J connectivity index is 1.64. The quantitative estimate of drug-likeness (QED) is 0.855. The van der Waals surface area contributed by atoms with Gasteiger partial charge in [0.05, 0.1) is 19.2 Å². The molecule has 2 aliphatic rings. The van der Waals surface area contributed by atoms with E-state index in [2.05, 4.69) is 0 Å². The largest absolute Gasteiger partial charge is 0.367 e. The van der Waals surface area contributed by atoms with Crippen LogP contribution in [0.1, 0.15) is 44.3 Å². The van der Waals surface area contributed by atoms with Crippen molar-refractivity contribution in [1.82, 2.24) is 9.80 Å². The number of carbonyl (C=O) groups is 2. The van der Waals surface area contributed by atoms with Crippen LogP contribution in [0.2, 0.25) is 0 Å². The van der Waals surface area contributed by atoms with Crippen LogP contribution in [0.5, 0.6) is 0 Å². The predicted octanol–water partition coefficient (Wildman–Crippen LogP) is 2.38. The molecule has 2 saturated heterocycles. The van der Waals surface area contributed by atoms with Gasteiger partial charge in [-0.1, -0.05) is 36.8 Å². The monoisotopic (exact) mass is 330 g/mol. The first-order chi connectivity index (χ1) is 11.6. The van der Waals surface area contributed by atoms with E-state index in [0.717, 1.165) is 24.8 Å². The summed E-state index contributed by atoms with van der Waals surface area (Å²) in [6, 6.07) is 10.0. The Morgan fingerprint density at radius 2 is 1.96 bits per heavy atom. The van der Waals surface area contributed by atoms with Crippen LogP contribution < -0.4 is 0 Å². The standard InChI is InChI=1S/C19H26N2O3/c1-15-12-21(13-17(24-15)16-8-4-2-5-9-16)19(23)14-20-11-7-3-6-10-18(20)22/h2,4-5,8-9,15,17H,3,6-7,10-14H2,1H3/t15-,17-/m1/s1. The molecule has 2 heterocycles. The molecule has 0 aromatic heterocycles. The Kier molecular flexibility index (Phi) is 5.51. The summed E-state index contributed by atoms with van der Waals surface area (Å²) >= 11 is 0. The lowest BCUT2D eigenvalue weighted by molar-refractivity contribution is -0.149. The van der Waals surface area contributed by atoms with Crippen LogP contribution in [-0.4, -0.2) is 53.9 Å². The fraction of sp³-hybridized carbons (Fsp3) is 0.579. The van der Waals surface area contributed by atoms with Crippen LogP contribution in [0.25, 0.3) is 0 Å². The summed E-state index contributed by atoms with van der Waals surface area (Å²) in [7, 11) is 0. The van der Waals surface area contributed by atoms with E-state index in [-0.39, 0.29) is 30.6 Å². The Bertz CT molecular complexity index is 575. The Morgan fingerprint density at radius 1 is 1.17 bits per heavy atom. The van der Waals surface area contributed by atoms with Gasteiger partial charge in [0.1, 0.15) is 6.10 Å². The van der Waals surface area contributed by atoms with Crippen LogP contribution in [0, 0.1) is 0 Å². The van der Waals surface area contributed by atoms with Crippen LogP contribution in [0.4, 0.5) is 0 Å². The lowest BCUT2D eigenvalue weighted by Crippen LogP contribution is -2.50. The lowest BCUT2D eigenvalue weighted by Gasteiger charge is -2.38. The molecule has 2 amide bonds. The molecule has 5 nitrogen and oxygen atoms in total. The molecule has 130 valence electrons. The summed E-state index contributed by atoms with van der Waals surface area (Å²) in [6.07, 6.45) is 3.46. The zero-order valence-corrected chi connectivity index (χ0v) is 14.3. The second kappa shape index (κ2) is 7.79. The van der Waals surface area contributed by atoms with Crippen LogP contribution >= 0.6 is 0 Å². The Hall–Kier alpha value is -1.88. The highest BCUT2D eigenvalue weighted by atomic mass is 16.5. The third-order valence-corrected chi connectivity index (χ3v) is 4.78. The molecule has 0 saturated carbocycles. The maximum atomic E-state index is 12.7. The molecule has 0 aliphatic carbocycles. The van der Waals surface area contributed by atoms with Gasteiger partial charge in [0.15, 0.2) is 0 Å². The Labute approximate surface area is 143 Å². The van der Waals surface area contributed by atoms with Crippen LogP contribution in [0.15, 0.2) is 30.3 Å². The zero-order chi connectivity index (χ0) is 16.9. The number of nitrogens with zero attached hydrogens (tertiary/aromatic N) is 2. The van der Waals surface area contributed by atoms with Crippen molar-refractivity contribution in [3.8, 4) is 0 Å². The van der Waals surface area contributed by atoms with E-state index in [9.17, 15) is 9.59 Å². The van der Waals surface area contributed by atoms with Crippen molar-refractivity contribution in [2.45, 2.75) is 44.8 Å². The molecule has 0 unspecified atom stereocenters. The molecular formula is C19H26N2O3. The molecule has 0 bridgehead atoms. The van der Waals surface area contributed by atoms with Crippen molar-refractivity contribution in [2.24, 2.45) is 0 Å². The van der Waals surface area contributed by atoms with E-state index in [1.807, 2.05) is 42.2 Å². The summed E-state index contributed by atoms with van der Waals surface area (Å²) in [5.74, 6) is 0.142. The minimum absolute atomic E-state index is 0.00672. The molecule has 5 heteroatoms. The highest BCUT2D eigenvalue weighted by molar-refractivity contribution is 5.85.